The average Bonchev–Trinajstić information content (AvgIpc) is 1.89. The van der Waals surface area contributed by atoms with E-state index in [2.05, 4.69) is 0 Å². The van der Waals surface area contributed by atoms with Crippen LogP contribution >= 0.6 is 0 Å². The van der Waals surface area contributed by atoms with Crippen LogP contribution in [-0.2, 0) is 18.8 Å². The van der Waals surface area contributed by atoms with Crippen molar-refractivity contribution in [1.29, 1.82) is 0 Å². The topological polar surface area (TPSA) is 0 Å². The Morgan fingerprint density at radius 1 is 1.09 bits per heavy atom. The fraction of sp³-hybridized carbons (Fsp3) is 0.667. The van der Waals surface area contributed by atoms with E-state index < -0.39 is 18.8 Å². The number of rotatable bonds is 1. The molecule has 64 valence electrons. The van der Waals surface area contributed by atoms with Crippen LogP contribution in [0, 0.1) is 6.17 Å². The second-order valence-electron chi connectivity index (χ2n) is 1.15. The zero-order chi connectivity index (χ0) is 9.65. The Hall–Kier alpha value is 0.133. The van der Waals surface area contributed by atoms with Crippen LogP contribution in [0.25, 0.3) is 0 Å². The summed E-state index contributed by atoms with van der Waals surface area (Å²) in [5.74, 6) is 0. The molecular weight excluding hydrogens is 234 g/mol. The predicted octanol–water partition coefficient (Wildman–Crippen LogP) is 2.73. The minimum atomic E-state index is -5.52. The first kappa shape index (κ1) is 13.7. The molecule has 0 bridgehead atoms. The molecule has 0 fully saturated rings. The Balaban J connectivity index is 0. The zero-order valence-corrected chi connectivity index (χ0v) is 7.90. The molecule has 0 aromatic carbocycles. The molecule has 0 radical (unpaired) electrons. The van der Waals surface area contributed by atoms with Crippen LogP contribution in [-0.4, -0.2) is 12.6 Å². The fourth-order valence-corrected chi connectivity index (χ4v) is 0.124. The Morgan fingerprint density at radius 2 is 1.36 bits per heavy atom. The molecule has 0 aliphatic carbocycles. The third-order valence-electron chi connectivity index (χ3n) is 0.462. The van der Waals surface area contributed by atoms with Gasteiger partial charge in [-0.15, -0.1) is 0 Å². The van der Waals surface area contributed by atoms with E-state index in [1.54, 1.807) is 0 Å². The standard InChI is InChI=1S/C3HF6.FH.Zn/c4-1(2(5)6)3(7,8)9;;/h2H;1H;/q-1;;+2/p-1. The number of alkyl halides is 5. The minimum absolute atomic E-state index is 0.125. The van der Waals surface area contributed by atoms with E-state index in [0.717, 1.165) is 0 Å². The predicted molar refractivity (Wildman–Crippen MR) is 17.5 cm³/mol. The summed E-state index contributed by atoms with van der Waals surface area (Å²) in [5.41, 5.74) is 0. The van der Waals surface area contributed by atoms with Gasteiger partial charge in [-0.05, 0) is 0 Å². The first-order valence-electron chi connectivity index (χ1n) is 2.00. The van der Waals surface area contributed by atoms with E-state index in [9.17, 15) is 29.7 Å². The van der Waals surface area contributed by atoms with E-state index in [0.29, 0.717) is 0 Å². The number of halogens is 7. The van der Waals surface area contributed by atoms with Crippen molar-refractivity contribution in [3.8, 4) is 0 Å². The molecule has 0 spiro atoms. The summed E-state index contributed by atoms with van der Waals surface area (Å²) in [5, 5.41) is 0. The quantitative estimate of drug-likeness (QED) is 0.372. The molecule has 0 aromatic heterocycles. The van der Waals surface area contributed by atoms with Crippen LogP contribution < -0.4 is 0 Å². The van der Waals surface area contributed by atoms with E-state index in [1.165, 1.54) is 0 Å². The molecule has 0 unspecified atom stereocenters. The van der Waals surface area contributed by atoms with Crippen LogP contribution in [0.1, 0.15) is 0 Å². The van der Waals surface area contributed by atoms with Crippen LogP contribution in [0.4, 0.5) is 29.7 Å². The summed E-state index contributed by atoms with van der Waals surface area (Å²) in [7, 11) is 0. The molecule has 0 atom stereocenters. The van der Waals surface area contributed by atoms with Gasteiger partial charge >= 0.3 is 28.3 Å². The van der Waals surface area contributed by atoms with Gasteiger partial charge in [0.05, 0.1) is 0 Å². The van der Waals surface area contributed by atoms with Crippen molar-refractivity contribution in [3.05, 3.63) is 6.17 Å². The zero-order valence-electron chi connectivity index (χ0n) is 4.93. The first-order valence-corrected chi connectivity index (χ1v) is 3.12. The second kappa shape index (κ2) is 5.74. The van der Waals surface area contributed by atoms with Gasteiger partial charge in [-0.3, -0.25) is 0 Å². The molecule has 0 rings (SSSR count). The second-order valence-corrected chi connectivity index (χ2v) is 1.15. The fourth-order valence-electron chi connectivity index (χ4n) is 0.124. The van der Waals surface area contributed by atoms with Gasteiger partial charge in [0.1, 0.15) is 0 Å². The van der Waals surface area contributed by atoms with Crippen molar-refractivity contribution in [3.63, 3.8) is 0 Å². The molecule has 0 aromatic rings. The maximum atomic E-state index is 11.1. The SMILES string of the molecule is F[C-](C(F)F)C(F)(F)F.[F][Zn+]. The summed E-state index contributed by atoms with van der Waals surface area (Å²) in [6.45, 7) is 0. The Morgan fingerprint density at radius 3 is 1.36 bits per heavy atom. The van der Waals surface area contributed by atoms with E-state index >= 15 is 0 Å². The molecule has 0 N–H and O–H groups in total. The molecule has 0 saturated heterocycles. The van der Waals surface area contributed by atoms with E-state index in [4.69, 9.17) is 0 Å². The van der Waals surface area contributed by atoms with Gasteiger partial charge in [0.15, 0.2) is 6.43 Å². The summed E-state index contributed by atoms with van der Waals surface area (Å²) in [4.78, 5) is 0. The van der Waals surface area contributed by atoms with Gasteiger partial charge < -0.3 is 4.39 Å². The van der Waals surface area contributed by atoms with Crippen LogP contribution in [0.2, 0.25) is 0 Å². The molecule has 0 aliphatic rings. The van der Waals surface area contributed by atoms with Crippen molar-refractivity contribution in [2.24, 2.45) is 0 Å². The van der Waals surface area contributed by atoms with Crippen LogP contribution in [0.5, 0.6) is 0 Å². The van der Waals surface area contributed by atoms with Crippen molar-refractivity contribution in [1.82, 2.24) is 0 Å². The molecule has 0 saturated carbocycles. The Kier molecular flexibility index (Phi) is 7.15. The summed E-state index contributed by atoms with van der Waals surface area (Å²) in [6, 6.07) is 0. The van der Waals surface area contributed by atoms with Crippen LogP contribution in [0.3, 0.4) is 0 Å². The van der Waals surface area contributed by atoms with E-state index in [-0.39, 0.29) is 18.8 Å². The normalized spacial score (nSPS) is 11.5. The number of hydrogen-bond donors (Lipinski definition) is 0. The van der Waals surface area contributed by atoms with Gasteiger partial charge in [-0.2, -0.15) is 0 Å². The van der Waals surface area contributed by atoms with Crippen molar-refractivity contribution < 1.29 is 48.5 Å². The third-order valence-corrected chi connectivity index (χ3v) is 0.462. The van der Waals surface area contributed by atoms with Crippen molar-refractivity contribution in [2.45, 2.75) is 12.6 Å². The van der Waals surface area contributed by atoms with Crippen molar-refractivity contribution >= 4 is 0 Å². The summed E-state index contributed by atoms with van der Waals surface area (Å²) < 4.78 is 74.7. The molecule has 0 amide bonds. The molecule has 0 heterocycles. The summed E-state index contributed by atoms with van der Waals surface area (Å²) >= 11 is -0.125. The van der Waals surface area contributed by atoms with E-state index in [1.807, 2.05) is 0 Å². The molecular formula is C3HF7Zn. The first-order chi connectivity index (χ1) is 4.85. The van der Waals surface area contributed by atoms with Gasteiger partial charge in [0.2, 0.25) is 0 Å². The molecule has 0 aliphatic heterocycles. The summed E-state index contributed by atoms with van der Waals surface area (Å²) in [6.07, 6.45) is -12.8. The third kappa shape index (κ3) is 6.53. The molecule has 11 heavy (non-hydrogen) atoms. The van der Waals surface area contributed by atoms with Crippen LogP contribution in [0.15, 0.2) is 0 Å². The van der Waals surface area contributed by atoms with Gasteiger partial charge in [0.25, 0.3) is 0 Å². The molecule has 0 nitrogen and oxygen atoms in total. The van der Waals surface area contributed by atoms with Gasteiger partial charge in [-0.1, -0.05) is 0 Å². The number of hydrogen-bond acceptors (Lipinski definition) is 0. The Bertz CT molecular complexity index is 88.2. The van der Waals surface area contributed by atoms with Gasteiger partial charge in [-0.25, -0.2) is 22.0 Å². The monoisotopic (exact) mass is 234 g/mol. The van der Waals surface area contributed by atoms with Crippen molar-refractivity contribution in [2.75, 3.05) is 0 Å². The van der Waals surface area contributed by atoms with Gasteiger partial charge in [0, 0.05) is 6.17 Å². The average molecular weight is 235 g/mol. The Labute approximate surface area is 68.0 Å². The molecule has 8 heteroatoms. The maximum absolute atomic E-state index is 11.1.